The molecule has 4 rings (SSSR count). The summed E-state index contributed by atoms with van der Waals surface area (Å²) in [7, 11) is 0. The van der Waals surface area contributed by atoms with Crippen molar-refractivity contribution in [3.8, 4) is 0 Å². The van der Waals surface area contributed by atoms with Crippen LogP contribution in [0.15, 0.2) is 23.0 Å². The third-order valence-electron chi connectivity index (χ3n) is 5.52. The molecular formula is C17H26N2O2. The van der Waals surface area contributed by atoms with Crippen LogP contribution in [0.5, 0.6) is 0 Å². The van der Waals surface area contributed by atoms with E-state index in [9.17, 15) is 0 Å². The zero-order valence-corrected chi connectivity index (χ0v) is 12.7. The van der Waals surface area contributed by atoms with Crippen molar-refractivity contribution >= 4 is 0 Å². The fraction of sp³-hybridized carbons (Fsp3) is 0.765. The van der Waals surface area contributed by atoms with Gasteiger partial charge in [-0.2, -0.15) is 0 Å². The van der Waals surface area contributed by atoms with Crippen LogP contribution in [0.3, 0.4) is 0 Å². The Morgan fingerprint density at radius 1 is 1.14 bits per heavy atom. The molecule has 3 saturated heterocycles. The first-order chi connectivity index (χ1) is 10.4. The second-order valence-electron chi connectivity index (χ2n) is 6.96. The molecule has 3 fully saturated rings. The molecule has 0 saturated carbocycles. The lowest BCUT2D eigenvalue weighted by molar-refractivity contribution is 0.0484. The van der Waals surface area contributed by atoms with E-state index in [-0.39, 0.29) is 0 Å². The summed E-state index contributed by atoms with van der Waals surface area (Å²) >= 11 is 0. The van der Waals surface area contributed by atoms with Gasteiger partial charge in [-0.15, -0.1) is 0 Å². The number of rotatable bonds is 4. The van der Waals surface area contributed by atoms with Crippen LogP contribution in [-0.2, 0) is 11.3 Å². The highest BCUT2D eigenvalue weighted by atomic mass is 16.5. The van der Waals surface area contributed by atoms with Crippen molar-refractivity contribution in [2.24, 2.45) is 11.8 Å². The van der Waals surface area contributed by atoms with E-state index < -0.39 is 0 Å². The maximum atomic E-state index is 6.16. The first kappa shape index (κ1) is 13.8. The average Bonchev–Trinajstić information content (AvgIpc) is 3.22. The quantitative estimate of drug-likeness (QED) is 0.850. The molecule has 0 amide bonds. The maximum Gasteiger partial charge on any atom is 0.0947 e. The Hall–Kier alpha value is -0.840. The zero-order chi connectivity index (χ0) is 14.1. The molecule has 3 aliphatic rings. The number of ether oxygens (including phenoxy) is 1. The minimum absolute atomic E-state index is 0.459. The van der Waals surface area contributed by atoms with Crippen molar-refractivity contribution in [3.05, 3.63) is 24.2 Å². The number of nitrogens with zero attached hydrogens (tertiary/aromatic N) is 2. The molecule has 1 aromatic heterocycles. The molecule has 3 atom stereocenters. The highest BCUT2D eigenvalue weighted by molar-refractivity contribution is 5.05. The fourth-order valence-corrected chi connectivity index (χ4v) is 4.29. The third kappa shape index (κ3) is 3.03. The molecule has 4 heterocycles. The van der Waals surface area contributed by atoms with E-state index in [1.165, 1.54) is 51.0 Å². The third-order valence-corrected chi connectivity index (χ3v) is 5.52. The SMILES string of the molecule is c1cc(CN2CC[C@@H]3CO[C@@H](CN4CCCC4)[C@@H]3C2)co1. The second kappa shape index (κ2) is 6.11. The lowest BCUT2D eigenvalue weighted by Gasteiger charge is -2.36. The highest BCUT2D eigenvalue weighted by Crippen LogP contribution is 2.35. The smallest absolute Gasteiger partial charge is 0.0947 e. The molecule has 4 nitrogen and oxygen atoms in total. The molecule has 0 spiro atoms. The summed E-state index contributed by atoms with van der Waals surface area (Å²) < 4.78 is 11.4. The number of fused-ring (bicyclic) bond motifs is 1. The molecule has 21 heavy (non-hydrogen) atoms. The first-order valence-electron chi connectivity index (χ1n) is 8.46. The number of likely N-dealkylation sites (tertiary alicyclic amines) is 2. The number of piperidine rings is 1. The van der Waals surface area contributed by atoms with Crippen LogP contribution in [0.25, 0.3) is 0 Å². The van der Waals surface area contributed by atoms with Crippen molar-refractivity contribution in [1.29, 1.82) is 0 Å². The van der Waals surface area contributed by atoms with Crippen molar-refractivity contribution in [2.75, 3.05) is 39.3 Å². The van der Waals surface area contributed by atoms with Crippen molar-refractivity contribution in [2.45, 2.75) is 31.9 Å². The predicted octanol–water partition coefficient (Wildman–Crippen LogP) is 2.21. The summed E-state index contributed by atoms with van der Waals surface area (Å²) in [4.78, 5) is 5.18. The Balaban J connectivity index is 1.36. The molecule has 0 aromatic carbocycles. The Bertz CT molecular complexity index is 442. The van der Waals surface area contributed by atoms with Crippen LogP contribution in [0.2, 0.25) is 0 Å². The van der Waals surface area contributed by atoms with Gasteiger partial charge >= 0.3 is 0 Å². The molecule has 116 valence electrons. The fourth-order valence-electron chi connectivity index (χ4n) is 4.29. The Morgan fingerprint density at radius 3 is 2.86 bits per heavy atom. The van der Waals surface area contributed by atoms with E-state index in [2.05, 4.69) is 15.9 Å². The van der Waals surface area contributed by atoms with Gasteiger partial charge in [-0.05, 0) is 50.9 Å². The highest BCUT2D eigenvalue weighted by Gasteiger charge is 2.41. The van der Waals surface area contributed by atoms with E-state index in [0.29, 0.717) is 6.10 Å². The van der Waals surface area contributed by atoms with Gasteiger partial charge in [0.05, 0.1) is 25.2 Å². The van der Waals surface area contributed by atoms with E-state index >= 15 is 0 Å². The number of hydrogen-bond acceptors (Lipinski definition) is 4. The van der Waals surface area contributed by atoms with Crippen LogP contribution in [0, 0.1) is 11.8 Å². The Morgan fingerprint density at radius 2 is 2.05 bits per heavy atom. The summed E-state index contributed by atoms with van der Waals surface area (Å²) in [5.74, 6) is 1.52. The maximum absolute atomic E-state index is 6.16. The van der Waals surface area contributed by atoms with E-state index in [1.54, 1.807) is 6.26 Å². The molecular weight excluding hydrogens is 264 g/mol. The molecule has 0 aliphatic carbocycles. The van der Waals surface area contributed by atoms with Gasteiger partial charge in [-0.25, -0.2) is 0 Å². The molecule has 0 radical (unpaired) electrons. The summed E-state index contributed by atoms with van der Waals surface area (Å²) in [5, 5.41) is 0. The van der Waals surface area contributed by atoms with E-state index in [0.717, 1.165) is 31.5 Å². The standard InChI is InChI=1S/C17H26N2O2/c1-2-6-18(5-1)11-17-16-10-19(7-3-15(16)13-21-17)9-14-4-8-20-12-14/h4,8,12,15-17H,1-3,5-7,9-11,13H2/t15-,16-,17+/m1/s1. The van der Waals surface area contributed by atoms with Gasteiger partial charge in [0.1, 0.15) is 0 Å². The van der Waals surface area contributed by atoms with Crippen LogP contribution < -0.4 is 0 Å². The number of hydrogen-bond donors (Lipinski definition) is 0. The molecule has 1 aromatic rings. The Kier molecular flexibility index (Phi) is 4.01. The molecule has 4 heteroatoms. The van der Waals surface area contributed by atoms with Crippen LogP contribution in [0.4, 0.5) is 0 Å². The van der Waals surface area contributed by atoms with Gasteiger partial charge < -0.3 is 14.1 Å². The molecule has 0 unspecified atom stereocenters. The van der Waals surface area contributed by atoms with E-state index in [1.807, 2.05) is 6.26 Å². The monoisotopic (exact) mass is 290 g/mol. The molecule has 3 aliphatic heterocycles. The van der Waals surface area contributed by atoms with Gasteiger partial charge in [0.15, 0.2) is 0 Å². The zero-order valence-electron chi connectivity index (χ0n) is 12.7. The largest absolute Gasteiger partial charge is 0.472 e. The summed E-state index contributed by atoms with van der Waals surface area (Å²) in [5.41, 5.74) is 1.29. The van der Waals surface area contributed by atoms with Gasteiger partial charge in [0.25, 0.3) is 0 Å². The lowest BCUT2D eigenvalue weighted by Crippen LogP contribution is -2.44. The minimum Gasteiger partial charge on any atom is -0.472 e. The topological polar surface area (TPSA) is 28.9 Å². The molecule has 0 N–H and O–H groups in total. The van der Waals surface area contributed by atoms with Gasteiger partial charge in [0.2, 0.25) is 0 Å². The Labute approximate surface area is 127 Å². The summed E-state index contributed by atoms with van der Waals surface area (Å²) in [6.45, 7) is 8.10. The summed E-state index contributed by atoms with van der Waals surface area (Å²) in [6, 6.07) is 2.08. The van der Waals surface area contributed by atoms with Crippen molar-refractivity contribution < 1.29 is 9.15 Å². The lowest BCUT2D eigenvalue weighted by atomic mass is 9.84. The van der Waals surface area contributed by atoms with Crippen molar-refractivity contribution in [3.63, 3.8) is 0 Å². The van der Waals surface area contributed by atoms with Gasteiger partial charge in [0, 0.05) is 31.1 Å². The summed E-state index contributed by atoms with van der Waals surface area (Å²) in [6.07, 6.45) is 8.13. The van der Waals surface area contributed by atoms with E-state index in [4.69, 9.17) is 9.15 Å². The van der Waals surface area contributed by atoms with Crippen LogP contribution in [0.1, 0.15) is 24.8 Å². The first-order valence-corrected chi connectivity index (χ1v) is 8.46. The number of furan rings is 1. The van der Waals surface area contributed by atoms with Gasteiger partial charge in [-0.1, -0.05) is 0 Å². The van der Waals surface area contributed by atoms with Gasteiger partial charge in [-0.3, -0.25) is 4.90 Å². The normalized spacial score (nSPS) is 34.4. The predicted molar refractivity (Wildman–Crippen MR) is 81.0 cm³/mol. The van der Waals surface area contributed by atoms with Crippen LogP contribution in [-0.4, -0.2) is 55.2 Å². The average molecular weight is 290 g/mol. The van der Waals surface area contributed by atoms with Crippen molar-refractivity contribution in [1.82, 2.24) is 9.80 Å². The molecule has 0 bridgehead atoms. The minimum atomic E-state index is 0.459. The second-order valence-corrected chi connectivity index (χ2v) is 6.96. The van der Waals surface area contributed by atoms with Crippen LogP contribution >= 0.6 is 0 Å².